The van der Waals surface area contributed by atoms with Crippen LogP contribution in [0.15, 0.2) is 76.7 Å². The molecular weight excluding hydrogens is 544 g/mol. The van der Waals surface area contributed by atoms with Crippen molar-refractivity contribution in [3.8, 4) is 5.69 Å². The molecule has 0 saturated carbocycles. The second-order valence-corrected chi connectivity index (χ2v) is 12.3. The predicted octanol–water partition coefficient (Wildman–Crippen LogP) is 6.33. The van der Waals surface area contributed by atoms with Crippen LogP contribution in [0.5, 0.6) is 0 Å². The van der Waals surface area contributed by atoms with Gasteiger partial charge in [0.25, 0.3) is 15.9 Å². The summed E-state index contributed by atoms with van der Waals surface area (Å²) >= 11 is 6.11. The van der Waals surface area contributed by atoms with E-state index in [1.54, 1.807) is 43.5 Å². The SMILES string of the molecule is Cc1ccc(S(=O)(=O)N(CC(=O)N/N=C\c2cc(C)n(-c3ccc(C)cc3C)c2C)c2ccc(Cl)cc2C)cc1. The van der Waals surface area contributed by atoms with Crippen molar-refractivity contribution in [3.05, 3.63) is 111 Å². The normalized spacial score (nSPS) is 11.7. The van der Waals surface area contributed by atoms with E-state index in [0.29, 0.717) is 16.3 Å². The van der Waals surface area contributed by atoms with Gasteiger partial charge in [-0.15, -0.1) is 0 Å². The van der Waals surface area contributed by atoms with Crippen LogP contribution in [-0.2, 0) is 14.8 Å². The molecule has 3 aromatic carbocycles. The number of halogens is 1. The molecule has 0 spiro atoms. The number of aromatic nitrogens is 1. The molecular formula is C31H33ClN4O3S. The summed E-state index contributed by atoms with van der Waals surface area (Å²) in [6, 6.07) is 19.7. The third kappa shape index (κ3) is 6.13. The van der Waals surface area contributed by atoms with Gasteiger partial charge in [0.1, 0.15) is 6.54 Å². The van der Waals surface area contributed by atoms with Crippen LogP contribution in [0.4, 0.5) is 5.69 Å². The summed E-state index contributed by atoms with van der Waals surface area (Å²) in [5, 5.41) is 4.63. The molecule has 1 aromatic heterocycles. The number of aryl methyl sites for hydroxylation is 5. The average Bonchev–Trinajstić information content (AvgIpc) is 3.16. The minimum Gasteiger partial charge on any atom is -0.318 e. The molecule has 0 aliphatic heterocycles. The number of benzene rings is 3. The van der Waals surface area contributed by atoms with Gasteiger partial charge >= 0.3 is 0 Å². The highest BCUT2D eigenvalue weighted by atomic mass is 35.5. The molecule has 0 aliphatic rings. The molecule has 4 rings (SSSR count). The number of carbonyl (C=O) groups is 1. The number of amides is 1. The average molecular weight is 577 g/mol. The molecule has 0 fully saturated rings. The summed E-state index contributed by atoms with van der Waals surface area (Å²) in [5.41, 5.74) is 10.7. The van der Waals surface area contributed by atoms with Crippen molar-refractivity contribution in [3.63, 3.8) is 0 Å². The van der Waals surface area contributed by atoms with Gasteiger partial charge in [-0.1, -0.05) is 47.0 Å². The van der Waals surface area contributed by atoms with E-state index in [2.05, 4.69) is 47.1 Å². The van der Waals surface area contributed by atoms with Crippen LogP contribution >= 0.6 is 11.6 Å². The Morgan fingerprint density at radius 2 is 1.57 bits per heavy atom. The van der Waals surface area contributed by atoms with Gasteiger partial charge in [-0.25, -0.2) is 13.8 Å². The summed E-state index contributed by atoms with van der Waals surface area (Å²) in [6.07, 6.45) is 1.58. The Morgan fingerprint density at radius 3 is 2.23 bits per heavy atom. The first kappa shape index (κ1) is 29.1. The second kappa shape index (κ2) is 11.7. The fourth-order valence-corrected chi connectivity index (χ4v) is 6.43. The van der Waals surface area contributed by atoms with Gasteiger partial charge in [-0.2, -0.15) is 5.10 Å². The maximum absolute atomic E-state index is 13.7. The van der Waals surface area contributed by atoms with E-state index in [-0.39, 0.29) is 4.90 Å². The third-order valence-corrected chi connectivity index (χ3v) is 8.79. The van der Waals surface area contributed by atoms with Crippen molar-refractivity contribution in [2.45, 2.75) is 46.4 Å². The molecule has 0 aliphatic carbocycles. The second-order valence-electron chi connectivity index (χ2n) is 10.0. The van der Waals surface area contributed by atoms with Crippen LogP contribution in [0.1, 0.15) is 39.2 Å². The standard InChI is InChI=1S/C31H33ClN4O3S/c1-20-7-11-28(12-8-20)40(38,39)35(29-14-10-27(32)16-23(29)4)19-31(37)34-33-18-26-17-24(5)36(25(26)6)30-13-9-21(2)15-22(30)3/h7-18H,19H2,1-6H3,(H,34,37)/b33-18-. The van der Waals surface area contributed by atoms with E-state index < -0.39 is 22.5 Å². The van der Waals surface area contributed by atoms with E-state index in [4.69, 9.17) is 11.6 Å². The zero-order valence-corrected chi connectivity index (χ0v) is 25.1. The molecule has 4 aromatic rings. The molecule has 208 valence electrons. The lowest BCUT2D eigenvalue weighted by Crippen LogP contribution is -2.40. The summed E-state index contributed by atoms with van der Waals surface area (Å²) in [5.74, 6) is -0.579. The highest BCUT2D eigenvalue weighted by Crippen LogP contribution is 2.29. The number of hydrogen-bond donors (Lipinski definition) is 1. The van der Waals surface area contributed by atoms with E-state index in [1.165, 1.54) is 17.7 Å². The van der Waals surface area contributed by atoms with E-state index in [1.807, 2.05) is 26.8 Å². The number of carbonyl (C=O) groups excluding carboxylic acids is 1. The Labute approximate surface area is 241 Å². The molecule has 0 radical (unpaired) electrons. The van der Waals surface area contributed by atoms with E-state index >= 15 is 0 Å². The number of hydrazone groups is 1. The topological polar surface area (TPSA) is 83.8 Å². The van der Waals surface area contributed by atoms with Crippen LogP contribution < -0.4 is 9.73 Å². The lowest BCUT2D eigenvalue weighted by molar-refractivity contribution is -0.119. The number of anilines is 1. The van der Waals surface area contributed by atoms with Crippen LogP contribution in [0.2, 0.25) is 5.02 Å². The van der Waals surface area contributed by atoms with Gasteiger partial charge in [0, 0.05) is 27.7 Å². The lowest BCUT2D eigenvalue weighted by Gasteiger charge is -2.25. The Hall–Kier alpha value is -3.88. The van der Waals surface area contributed by atoms with Gasteiger partial charge in [0.2, 0.25) is 0 Å². The third-order valence-electron chi connectivity index (χ3n) is 6.78. The first-order valence-electron chi connectivity index (χ1n) is 12.8. The summed E-state index contributed by atoms with van der Waals surface area (Å²) < 4.78 is 30.5. The van der Waals surface area contributed by atoms with Crippen molar-refractivity contribution < 1.29 is 13.2 Å². The zero-order valence-electron chi connectivity index (χ0n) is 23.5. The minimum absolute atomic E-state index is 0.0857. The number of rotatable bonds is 8. The molecule has 40 heavy (non-hydrogen) atoms. The summed E-state index contributed by atoms with van der Waals surface area (Å²) in [7, 11) is -4.05. The van der Waals surface area contributed by atoms with Crippen LogP contribution in [0.25, 0.3) is 5.69 Å². The molecule has 9 heteroatoms. The molecule has 1 amide bonds. The highest BCUT2D eigenvalue weighted by Gasteiger charge is 2.28. The van der Waals surface area contributed by atoms with Crippen molar-refractivity contribution >= 4 is 39.4 Å². The number of nitrogens with one attached hydrogen (secondary N) is 1. The number of sulfonamides is 1. The highest BCUT2D eigenvalue weighted by molar-refractivity contribution is 7.92. The zero-order chi connectivity index (χ0) is 29.2. The van der Waals surface area contributed by atoms with Crippen molar-refractivity contribution in [2.24, 2.45) is 5.10 Å². The summed E-state index contributed by atoms with van der Waals surface area (Å²) in [6.45, 7) is 11.3. The van der Waals surface area contributed by atoms with Crippen molar-refractivity contribution in [1.82, 2.24) is 9.99 Å². The maximum atomic E-state index is 13.7. The first-order valence-corrected chi connectivity index (χ1v) is 14.6. The van der Waals surface area contributed by atoms with Crippen LogP contribution in [0, 0.1) is 41.5 Å². The molecule has 0 bridgehead atoms. The molecule has 1 N–H and O–H groups in total. The van der Waals surface area contributed by atoms with Gasteiger partial charge in [-0.05, 0) is 95.1 Å². The Balaban J connectivity index is 1.58. The van der Waals surface area contributed by atoms with Crippen molar-refractivity contribution in [1.29, 1.82) is 0 Å². The van der Waals surface area contributed by atoms with Crippen LogP contribution in [-0.4, -0.2) is 31.7 Å². The van der Waals surface area contributed by atoms with Crippen molar-refractivity contribution in [2.75, 3.05) is 10.8 Å². The quantitative estimate of drug-likeness (QED) is 0.197. The first-order chi connectivity index (χ1) is 18.9. The van der Waals surface area contributed by atoms with Gasteiger partial charge < -0.3 is 4.57 Å². The predicted molar refractivity (Wildman–Crippen MR) is 162 cm³/mol. The smallest absolute Gasteiger partial charge is 0.264 e. The van der Waals surface area contributed by atoms with E-state index in [9.17, 15) is 13.2 Å². The van der Waals surface area contributed by atoms with Gasteiger partial charge in [-0.3, -0.25) is 9.10 Å². The molecule has 1 heterocycles. The minimum atomic E-state index is -4.05. The fraction of sp³-hybridized carbons (Fsp3) is 0.226. The monoisotopic (exact) mass is 576 g/mol. The fourth-order valence-electron chi connectivity index (χ4n) is 4.72. The molecule has 7 nitrogen and oxygen atoms in total. The van der Waals surface area contributed by atoms with Gasteiger partial charge in [0.05, 0.1) is 16.8 Å². The Bertz CT molecular complexity index is 1710. The largest absolute Gasteiger partial charge is 0.318 e. The Morgan fingerprint density at radius 1 is 0.900 bits per heavy atom. The maximum Gasteiger partial charge on any atom is 0.264 e. The van der Waals surface area contributed by atoms with Crippen LogP contribution in [0.3, 0.4) is 0 Å². The molecule has 0 saturated heterocycles. The molecule has 0 atom stereocenters. The molecule has 0 unspecified atom stereocenters. The summed E-state index contributed by atoms with van der Waals surface area (Å²) in [4.78, 5) is 13.1. The number of hydrogen-bond acceptors (Lipinski definition) is 4. The van der Waals surface area contributed by atoms with Gasteiger partial charge in [0.15, 0.2) is 0 Å². The Kier molecular flexibility index (Phi) is 8.51. The number of nitrogens with zero attached hydrogens (tertiary/aromatic N) is 3. The lowest BCUT2D eigenvalue weighted by atomic mass is 10.1. The van der Waals surface area contributed by atoms with E-state index in [0.717, 1.165) is 38.1 Å².